The number of hydrogen-bond acceptors (Lipinski definition) is 8. The third kappa shape index (κ3) is 32.2. The number of likely N-dealkylation sites (N-methyl/N-ethyl adjacent to an activating group) is 1. The molecule has 0 radical (unpaired) electrons. The Morgan fingerprint density at radius 2 is 1.22 bits per heavy atom. The normalized spacial score (nSPS) is 14.2. The highest BCUT2D eigenvalue weighted by atomic mass is 31.2. The molecule has 0 aliphatic rings. The van der Waals surface area contributed by atoms with Crippen molar-refractivity contribution in [1.82, 2.24) is 0 Å². The molecule has 0 spiro atoms. The monoisotopic (exact) mass is 659 g/mol. The van der Waals surface area contributed by atoms with Gasteiger partial charge in [0.1, 0.15) is 19.8 Å². The first-order valence-electron chi connectivity index (χ1n) is 17.5. The molecule has 0 rings (SSSR count). The van der Waals surface area contributed by atoms with Crippen molar-refractivity contribution in [3.63, 3.8) is 0 Å². The quantitative estimate of drug-likeness (QED) is 0.0241. The highest BCUT2D eigenvalue weighted by Crippen LogP contribution is 2.38. The molecule has 2 atom stereocenters. The Bertz CT molecular complexity index is 840. The highest BCUT2D eigenvalue weighted by Gasteiger charge is 2.21. The molecule has 0 aromatic rings. The van der Waals surface area contributed by atoms with Crippen molar-refractivity contribution in [3.8, 4) is 0 Å². The molecule has 0 saturated heterocycles. The summed E-state index contributed by atoms with van der Waals surface area (Å²) < 4.78 is 33.5. The first kappa shape index (κ1) is 43.5. The second-order valence-corrected chi connectivity index (χ2v) is 14.3. The third-order valence-electron chi connectivity index (χ3n) is 7.22. The minimum absolute atomic E-state index is 0.0328. The van der Waals surface area contributed by atoms with Crippen molar-refractivity contribution in [1.29, 1.82) is 0 Å². The zero-order chi connectivity index (χ0) is 33.7. The van der Waals surface area contributed by atoms with E-state index in [9.17, 15) is 19.0 Å². The summed E-state index contributed by atoms with van der Waals surface area (Å²) in [5.74, 6) is -0.860. The van der Waals surface area contributed by atoms with Gasteiger partial charge in [-0.2, -0.15) is 0 Å². The molecule has 0 aliphatic carbocycles. The Labute approximate surface area is 275 Å². The summed E-state index contributed by atoms with van der Waals surface area (Å²) >= 11 is 0. The van der Waals surface area contributed by atoms with Gasteiger partial charge in [0.2, 0.25) is 0 Å². The molecule has 1 unspecified atom stereocenters. The number of allylic oxidation sites excluding steroid dienone is 4. The molecule has 0 amide bonds. The van der Waals surface area contributed by atoms with E-state index >= 15 is 0 Å². The smallest absolute Gasteiger partial charge is 0.306 e. The number of quaternary nitrogens is 1. The summed E-state index contributed by atoms with van der Waals surface area (Å²) in [6.45, 7) is 4.09. The van der Waals surface area contributed by atoms with Gasteiger partial charge in [0.15, 0.2) is 6.10 Å². The lowest BCUT2D eigenvalue weighted by Crippen LogP contribution is -2.37. The number of unbranched alkanes of at least 4 members (excludes halogenated alkanes) is 13. The summed E-state index contributed by atoms with van der Waals surface area (Å²) in [7, 11) is 1.15. The standard InChI is InChI=1S/C35H66NO8P/c1-6-8-10-12-14-15-16-17-18-19-20-22-24-26-28-35(38)44-33(32-43-45(39,40)42-30-29-36(3,4)5)31-41-34(37)27-25-23-21-13-11-9-7-2/h12,14,16-17,33H,6-11,13,15,18-32H2,1-5H3/b14-12+,17-16+/t33-/m1/s1. The fourth-order valence-electron chi connectivity index (χ4n) is 4.37. The molecule has 0 fully saturated rings. The zero-order valence-corrected chi connectivity index (χ0v) is 30.2. The molecular formula is C35H66NO8P. The zero-order valence-electron chi connectivity index (χ0n) is 29.3. The molecule has 0 heterocycles. The largest absolute Gasteiger partial charge is 0.756 e. The number of esters is 2. The van der Waals surface area contributed by atoms with Crippen LogP contribution in [0, 0.1) is 0 Å². The second kappa shape index (κ2) is 28.7. The van der Waals surface area contributed by atoms with Gasteiger partial charge in [0.25, 0.3) is 7.82 Å². The van der Waals surface area contributed by atoms with Gasteiger partial charge in [-0.05, 0) is 38.5 Å². The lowest BCUT2D eigenvalue weighted by Gasteiger charge is -2.28. The van der Waals surface area contributed by atoms with Gasteiger partial charge in [-0.3, -0.25) is 14.2 Å². The Hall–Kier alpha value is -1.51. The number of phosphoric ester groups is 1. The second-order valence-electron chi connectivity index (χ2n) is 12.9. The number of nitrogens with zero attached hydrogens (tertiary/aromatic N) is 1. The first-order chi connectivity index (χ1) is 21.5. The fourth-order valence-corrected chi connectivity index (χ4v) is 5.10. The lowest BCUT2D eigenvalue weighted by atomic mass is 10.1. The van der Waals surface area contributed by atoms with Crippen LogP contribution >= 0.6 is 7.82 Å². The van der Waals surface area contributed by atoms with Crippen molar-refractivity contribution >= 4 is 19.8 Å². The fraction of sp³-hybridized carbons (Fsp3) is 0.829. The summed E-state index contributed by atoms with van der Waals surface area (Å²) in [5.41, 5.74) is 0. The van der Waals surface area contributed by atoms with Gasteiger partial charge < -0.3 is 27.9 Å². The maximum Gasteiger partial charge on any atom is 0.306 e. The molecule has 0 saturated carbocycles. The summed E-state index contributed by atoms with van der Waals surface area (Å²) in [6, 6.07) is 0. The molecule has 45 heavy (non-hydrogen) atoms. The van der Waals surface area contributed by atoms with Crippen molar-refractivity contribution in [2.45, 2.75) is 142 Å². The maximum atomic E-state index is 12.5. The number of rotatable bonds is 31. The van der Waals surface area contributed by atoms with E-state index < -0.39 is 32.5 Å². The molecule has 0 bridgehead atoms. The molecule has 0 N–H and O–H groups in total. The Kier molecular flexibility index (Phi) is 27.7. The van der Waals surface area contributed by atoms with Crippen molar-refractivity contribution in [3.05, 3.63) is 24.3 Å². The van der Waals surface area contributed by atoms with Crippen molar-refractivity contribution in [2.24, 2.45) is 0 Å². The number of hydrogen-bond donors (Lipinski definition) is 0. The van der Waals surface area contributed by atoms with Crippen LogP contribution in [0.1, 0.15) is 136 Å². The number of phosphoric acid groups is 1. The first-order valence-corrected chi connectivity index (χ1v) is 19.0. The van der Waals surface area contributed by atoms with Crippen LogP contribution in [-0.4, -0.2) is 70.0 Å². The Morgan fingerprint density at radius 1 is 0.689 bits per heavy atom. The lowest BCUT2D eigenvalue weighted by molar-refractivity contribution is -0.870. The molecule has 10 heteroatoms. The molecule has 9 nitrogen and oxygen atoms in total. The van der Waals surface area contributed by atoms with Gasteiger partial charge in [-0.15, -0.1) is 0 Å². The van der Waals surface area contributed by atoms with Gasteiger partial charge in [0.05, 0.1) is 27.7 Å². The van der Waals surface area contributed by atoms with Crippen LogP contribution in [0.25, 0.3) is 0 Å². The van der Waals surface area contributed by atoms with Crippen LogP contribution in [0.3, 0.4) is 0 Å². The Morgan fingerprint density at radius 3 is 1.82 bits per heavy atom. The number of carbonyl (C=O) groups excluding carboxylic acids is 2. The van der Waals surface area contributed by atoms with Crippen LogP contribution < -0.4 is 4.89 Å². The van der Waals surface area contributed by atoms with E-state index in [0.717, 1.165) is 64.2 Å². The van der Waals surface area contributed by atoms with Gasteiger partial charge in [0, 0.05) is 12.8 Å². The summed E-state index contributed by atoms with van der Waals surface area (Å²) in [4.78, 5) is 37.1. The van der Waals surface area contributed by atoms with E-state index in [2.05, 4.69) is 38.2 Å². The SMILES string of the molecule is CCCC/C=C/C/C=C/CCCCCCCC(=O)O[C@H](COC(=O)CCCCCCCCC)COP(=O)([O-])OCC[N+](C)(C)C. The van der Waals surface area contributed by atoms with E-state index in [4.69, 9.17) is 18.5 Å². The highest BCUT2D eigenvalue weighted by molar-refractivity contribution is 7.45. The third-order valence-corrected chi connectivity index (χ3v) is 8.19. The average Bonchev–Trinajstić information content (AvgIpc) is 2.97. The number of carbonyl (C=O) groups is 2. The van der Waals surface area contributed by atoms with Crippen LogP contribution in [0.2, 0.25) is 0 Å². The molecule has 0 aromatic heterocycles. The predicted molar refractivity (Wildman–Crippen MR) is 181 cm³/mol. The predicted octanol–water partition coefficient (Wildman–Crippen LogP) is 8.21. The molecule has 0 aliphatic heterocycles. The van der Waals surface area contributed by atoms with Crippen molar-refractivity contribution < 1.29 is 42.1 Å². The van der Waals surface area contributed by atoms with Crippen LogP contribution in [0.4, 0.5) is 0 Å². The van der Waals surface area contributed by atoms with Gasteiger partial charge in [-0.1, -0.05) is 109 Å². The topological polar surface area (TPSA) is 111 Å². The molecular weight excluding hydrogens is 593 g/mol. The average molecular weight is 660 g/mol. The van der Waals surface area contributed by atoms with Crippen molar-refractivity contribution in [2.75, 3.05) is 47.5 Å². The van der Waals surface area contributed by atoms with E-state index in [1.54, 1.807) is 0 Å². The van der Waals surface area contributed by atoms with E-state index in [-0.39, 0.29) is 26.1 Å². The summed E-state index contributed by atoms with van der Waals surface area (Å²) in [5, 5.41) is 0. The van der Waals surface area contributed by atoms with Crippen LogP contribution in [0.5, 0.6) is 0 Å². The van der Waals surface area contributed by atoms with Crippen LogP contribution in [-0.2, 0) is 32.7 Å². The maximum absolute atomic E-state index is 12.5. The van der Waals surface area contributed by atoms with E-state index in [1.807, 2.05) is 21.1 Å². The Balaban J connectivity index is 4.48. The number of ether oxygens (including phenoxy) is 2. The van der Waals surface area contributed by atoms with Gasteiger partial charge in [-0.25, -0.2) is 0 Å². The molecule has 264 valence electrons. The van der Waals surface area contributed by atoms with Gasteiger partial charge >= 0.3 is 11.9 Å². The summed E-state index contributed by atoms with van der Waals surface area (Å²) in [6.07, 6.45) is 26.5. The van der Waals surface area contributed by atoms with Crippen LogP contribution in [0.15, 0.2) is 24.3 Å². The minimum Gasteiger partial charge on any atom is -0.756 e. The molecule has 0 aromatic carbocycles. The van der Waals surface area contributed by atoms with E-state index in [1.165, 1.54) is 38.5 Å². The minimum atomic E-state index is -4.61. The van der Waals surface area contributed by atoms with E-state index in [0.29, 0.717) is 17.4 Å².